The monoisotopic (exact) mass is 367 g/mol. The summed E-state index contributed by atoms with van der Waals surface area (Å²) in [6.45, 7) is 0.830. The van der Waals surface area contributed by atoms with Crippen LogP contribution >= 0.6 is 0 Å². The Bertz CT molecular complexity index is 910. The van der Waals surface area contributed by atoms with Gasteiger partial charge in [-0.2, -0.15) is 4.98 Å². The molecule has 7 nitrogen and oxygen atoms in total. The molecule has 1 unspecified atom stereocenters. The number of fused-ring (bicyclic) bond motifs is 1. The quantitative estimate of drug-likeness (QED) is 0.692. The summed E-state index contributed by atoms with van der Waals surface area (Å²) < 4.78 is 16.2. The second-order valence-corrected chi connectivity index (χ2v) is 6.43. The molecule has 1 aliphatic heterocycles. The van der Waals surface area contributed by atoms with Crippen LogP contribution in [0.15, 0.2) is 53.1 Å². The van der Waals surface area contributed by atoms with Crippen molar-refractivity contribution in [3.8, 4) is 22.9 Å². The van der Waals surface area contributed by atoms with Gasteiger partial charge in [-0.1, -0.05) is 23.4 Å². The summed E-state index contributed by atoms with van der Waals surface area (Å²) in [4.78, 5) is 4.45. The Hall–Kier alpha value is -2.90. The van der Waals surface area contributed by atoms with Gasteiger partial charge in [0.25, 0.3) is 0 Å². The molecule has 1 aromatic heterocycles. The fraction of sp³-hybridized carbons (Fsp3) is 0.300. The number of nitrogens with one attached hydrogen (secondary N) is 1. The second kappa shape index (κ2) is 7.38. The van der Waals surface area contributed by atoms with E-state index in [1.165, 1.54) is 0 Å². The molecule has 0 amide bonds. The third kappa shape index (κ3) is 3.39. The highest BCUT2D eigenvalue weighted by Crippen LogP contribution is 2.36. The molecular weight excluding hydrogens is 346 g/mol. The summed E-state index contributed by atoms with van der Waals surface area (Å²) in [5.41, 5.74) is 1.19. The van der Waals surface area contributed by atoms with Crippen molar-refractivity contribution >= 4 is 0 Å². The summed E-state index contributed by atoms with van der Waals surface area (Å²) in [6.07, 6.45) is 0.653. The van der Waals surface area contributed by atoms with Gasteiger partial charge in [0, 0.05) is 17.5 Å². The Labute approximate surface area is 156 Å². The van der Waals surface area contributed by atoms with Crippen molar-refractivity contribution in [3.63, 3.8) is 0 Å². The van der Waals surface area contributed by atoms with E-state index in [1.807, 2.05) is 48.5 Å². The molecule has 2 N–H and O–H groups in total. The van der Waals surface area contributed by atoms with Gasteiger partial charge in [-0.3, -0.25) is 5.32 Å². The minimum atomic E-state index is -0.594. The molecule has 7 heteroatoms. The molecule has 1 aliphatic rings. The van der Waals surface area contributed by atoms with E-state index in [2.05, 4.69) is 15.5 Å². The molecule has 0 fully saturated rings. The van der Waals surface area contributed by atoms with Crippen molar-refractivity contribution < 1.29 is 19.1 Å². The molecule has 2 aromatic carbocycles. The Morgan fingerprint density at radius 2 is 2.00 bits per heavy atom. The van der Waals surface area contributed by atoms with Crippen LogP contribution < -0.4 is 14.8 Å². The summed E-state index contributed by atoms with van der Waals surface area (Å²) in [6, 6.07) is 15.2. The maximum Gasteiger partial charge on any atom is 0.240 e. The number of para-hydroxylation sites is 1. The number of methoxy groups -OCH3 is 1. The molecule has 0 saturated carbocycles. The van der Waals surface area contributed by atoms with Gasteiger partial charge in [-0.05, 0) is 30.3 Å². The first kappa shape index (κ1) is 17.5. The van der Waals surface area contributed by atoms with E-state index in [0.29, 0.717) is 31.3 Å². The Kier molecular flexibility index (Phi) is 4.79. The van der Waals surface area contributed by atoms with Crippen molar-refractivity contribution in [1.82, 2.24) is 15.5 Å². The highest BCUT2D eigenvalue weighted by Gasteiger charge is 2.37. The smallest absolute Gasteiger partial charge is 0.240 e. The Balaban J connectivity index is 1.51. The topological polar surface area (TPSA) is 89.6 Å². The molecule has 0 bridgehead atoms. The molecule has 140 valence electrons. The Morgan fingerprint density at radius 1 is 1.19 bits per heavy atom. The summed E-state index contributed by atoms with van der Waals surface area (Å²) in [7, 11) is 1.62. The number of nitrogens with zero attached hydrogens (tertiary/aromatic N) is 2. The zero-order valence-electron chi connectivity index (χ0n) is 15.0. The molecule has 0 spiro atoms. The number of ether oxygens (including phenoxy) is 2. The molecule has 0 saturated heterocycles. The molecule has 1 atom stereocenters. The summed E-state index contributed by atoms with van der Waals surface area (Å²) in [5, 5.41) is 17.5. The van der Waals surface area contributed by atoms with Crippen LogP contribution in [0.25, 0.3) is 11.4 Å². The number of rotatable bonds is 6. The first-order chi connectivity index (χ1) is 13.2. The summed E-state index contributed by atoms with van der Waals surface area (Å²) in [5.74, 6) is 2.53. The van der Waals surface area contributed by atoms with Crippen molar-refractivity contribution in [2.75, 3.05) is 20.3 Å². The van der Waals surface area contributed by atoms with Gasteiger partial charge in [-0.15, -0.1) is 0 Å². The van der Waals surface area contributed by atoms with E-state index >= 15 is 0 Å². The van der Waals surface area contributed by atoms with E-state index in [1.54, 1.807) is 7.11 Å². The lowest BCUT2D eigenvalue weighted by Gasteiger charge is -2.38. The van der Waals surface area contributed by atoms with Crippen LogP contribution in [0.2, 0.25) is 0 Å². The average Bonchev–Trinajstić information content (AvgIpc) is 3.21. The number of benzene rings is 2. The average molecular weight is 367 g/mol. The van der Waals surface area contributed by atoms with Crippen molar-refractivity contribution in [3.05, 3.63) is 60.0 Å². The van der Waals surface area contributed by atoms with Crippen molar-refractivity contribution in [2.24, 2.45) is 0 Å². The van der Waals surface area contributed by atoms with Crippen LogP contribution in [0.4, 0.5) is 0 Å². The van der Waals surface area contributed by atoms with Crippen LogP contribution in [0, 0.1) is 0 Å². The predicted octanol–water partition coefficient (Wildman–Crippen LogP) is 2.51. The summed E-state index contributed by atoms with van der Waals surface area (Å²) >= 11 is 0. The van der Waals surface area contributed by atoms with Gasteiger partial charge >= 0.3 is 0 Å². The van der Waals surface area contributed by atoms with Gasteiger partial charge < -0.3 is 19.1 Å². The molecule has 4 rings (SSSR count). The largest absolute Gasteiger partial charge is 0.497 e. The molecule has 0 radical (unpaired) electrons. The number of hydrogen-bond donors (Lipinski definition) is 2. The standard InChI is InChI=1S/C20H21N3O4/c1-25-15-8-6-14(7-9-15)19-22-18(27-23-19)12-21-20(13-24)10-11-26-17-5-3-2-4-16(17)20/h2-9,21,24H,10-13H2,1H3. The predicted molar refractivity (Wildman–Crippen MR) is 98.4 cm³/mol. The maximum atomic E-state index is 10.1. The van der Waals surface area contributed by atoms with Crippen LogP contribution in [0.3, 0.4) is 0 Å². The zero-order chi connectivity index (χ0) is 18.7. The lowest BCUT2D eigenvalue weighted by molar-refractivity contribution is 0.103. The van der Waals surface area contributed by atoms with Crippen LogP contribution in [-0.4, -0.2) is 35.6 Å². The molecule has 0 aliphatic carbocycles. The van der Waals surface area contributed by atoms with E-state index in [4.69, 9.17) is 14.0 Å². The highest BCUT2D eigenvalue weighted by molar-refractivity contribution is 5.55. The minimum absolute atomic E-state index is 0.0488. The van der Waals surface area contributed by atoms with Gasteiger partial charge in [0.1, 0.15) is 11.5 Å². The first-order valence-electron chi connectivity index (χ1n) is 8.79. The van der Waals surface area contributed by atoms with E-state index < -0.39 is 5.54 Å². The van der Waals surface area contributed by atoms with Gasteiger partial charge in [0.15, 0.2) is 0 Å². The van der Waals surface area contributed by atoms with Crippen LogP contribution in [0.1, 0.15) is 17.9 Å². The van der Waals surface area contributed by atoms with Crippen LogP contribution in [-0.2, 0) is 12.1 Å². The lowest BCUT2D eigenvalue weighted by atomic mass is 9.85. The van der Waals surface area contributed by atoms with E-state index in [-0.39, 0.29) is 6.61 Å². The number of hydrogen-bond acceptors (Lipinski definition) is 7. The SMILES string of the molecule is COc1ccc(-c2noc(CNC3(CO)CCOc4ccccc43)n2)cc1. The number of aromatic nitrogens is 2. The second-order valence-electron chi connectivity index (χ2n) is 6.43. The minimum Gasteiger partial charge on any atom is -0.497 e. The van der Waals surface area contributed by atoms with E-state index in [0.717, 1.165) is 22.6 Å². The highest BCUT2D eigenvalue weighted by atomic mass is 16.5. The molecule has 2 heterocycles. The van der Waals surface area contributed by atoms with Gasteiger partial charge in [0.05, 0.1) is 32.4 Å². The number of aliphatic hydroxyl groups excluding tert-OH is 1. The normalized spacial score (nSPS) is 18.6. The van der Waals surface area contributed by atoms with Gasteiger partial charge in [0.2, 0.25) is 11.7 Å². The molecule has 27 heavy (non-hydrogen) atoms. The van der Waals surface area contributed by atoms with Gasteiger partial charge in [-0.25, -0.2) is 0 Å². The van der Waals surface area contributed by atoms with E-state index in [9.17, 15) is 5.11 Å². The third-order valence-electron chi connectivity index (χ3n) is 4.85. The van der Waals surface area contributed by atoms with Crippen LogP contribution in [0.5, 0.6) is 11.5 Å². The zero-order valence-corrected chi connectivity index (χ0v) is 15.0. The fourth-order valence-corrected chi connectivity index (χ4v) is 3.29. The molecular formula is C20H21N3O4. The Morgan fingerprint density at radius 3 is 2.78 bits per heavy atom. The fourth-order valence-electron chi connectivity index (χ4n) is 3.29. The first-order valence-corrected chi connectivity index (χ1v) is 8.79. The maximum absolute atomic E-state index is 10.1. The van der Waals surface area contributed by atoms with Crippen molar-refractivity contribution in [2.45, 2.75) is 18.5 Å². The molecule has 3 aromatic rings. The lowest BCUT2D eigenvalue weighted by Crippen LogP contribution is -2.48. The third-order valence-corrected chi connectivity index (χ3v) is 4.85. The van der Waals surface area contributed by atoms with Crippen molar-refractivity contribution in [1.29, 1.82) is 0 Å². The number of aliphatic hydroxyl groups is 1.